The fraction of sp³-hybridized carbons (Fsp3) is 0.476. The lowest BCUT2D eigenvalue weighted by Crippen LogP contribution is -2.47. The number of ether oxygens (including phenoxy) is 1. The zero-order valence-electron chi connectivity index (χ0n) is 15.6. The smallest absolute Gasteiger partial charge is 0.225 e. The number of nitriles is 1. The van der Waals surface area contributed by atoms with E-state index in [1.54, 1.807) is 6.20 Å². The fourth-order valence-corrected chi connectivity index (χ4v) is 4.11. The van der Waals surface area contributed by atoms with Crippen LogP contribution < -0.4 is 4.90 Å². The van der Waals surface area contributed by atoms with E-state index in [1.807, 2.05) is 17.0 Å². The molecule has 2 aliphatic heterocycles. The molecule has 0 aliphatic carbocycles. The summed E-state index contributed by atoms with van der Waals surface area (Å²) >= 11 is 0. The van der Waals surface area contributed by atoms with Crippen LogP contribution in [0.25, 0.3) is 10.9 Å². The van der Waals surface area contributed by atoms with Gasteiger partial charge in [-0.3, -0.25) is 9.78 Å². The second-order valence-corrected chi connectivity index (χ2v) is 7.35. The first-order valence-electron chi connectivity index (χ1n) is 9.58. The summed E-state index contributed by atoms with van der Waals surface area (Å²) in [5.41, 5.74) is 3.62. The number of piperidine rings is 1. The predicted molar refractivity (Wildman–Crippen MR) is 104 cm³/mol. The molecule has 0 N–H and O–H groups in total. The van der Waals surface area contributed by atoms with Crippen molar-refractivity contribution >= 4 is 22.5 Å². The Labute approximate surface area is 159 Å². The lowest BCUT2D eigenvalue weighted by Gasteiger charge is -2.37. The standard InChI is InChI=1S/C21H24N4O2/c1-15-2-3-19-18(12-15)20(17(13-22)14-23-19)24-6-4-16(5-7-24)21(26)25-8-10-27-11-9-25/h2-3,12,14,16H,4-11H2,1H3. The van der Waals surface area contributed by atoms with Crippen molar-refractivity contribution < 1.29 is 9.53 Å². The topological polar surface area (TPSA) is 69.5 Å². The Balaban J connectivity index is 1.55. The SMILES string of the molecule is Cc1ccc2ncc(C#N)c(N3CCC(C(=O)N4CCOCC4)CC3)c2c1. The number of pyridine rings is 1. The molecule has 6 heteroatoms. The van der Waals surface area contributed by atoms with E-state index in [-0.39, 0.29) is 11.8 Å². The number of amides is 1. The van der Waals surface area contributed by atoms with E-state index in [4.69, 9.17) is 4.74 Å². The van der Waals surface area contributed by atoms with E-state index in [9.17, 15) is 10.1 Å². The number of hydrogen-bond donors (Lipinski definition) is 0. The Bertz CT molecular complexity index is 891. The number of aryl methyl sites for hydroxylation is 1. The van der Waals surface area contributed by atoms with E-state index in [2.05, 4.69) is 28.9 Å². The number of aromatic nitrogens is 1. The molecule has 1 aromatic carbocycles. The Morgan fingerprint density at radius 3 is 2.67 bits per heavy atom. The summed E-state index contributed by atoms with van der Waals surface area (Å²) in [6, 6.07) is 8.44. The van der Waals surface area contributed by atoms with Crippen LogP contribution in [-0.4, -0.2) is 55.2 Å². The molecule has 2 saturated heterocycles. The summed E-state index contributed by atoms with van der Waals surface area (Å²) in [6.07, 6.45) is 3.30. The third-order valence-corrected chi connectivity index (χ3v) is 5.60. The Morgan fingerprint density at radius 1 is 1.22 bits per heavy atom. The van der Waals surface area contributed by atoms with E-state index in [0.29, 0.717) is 31.9 Å². The quantitative estimate of drug-likeness (QED) is 0.819. The predicted octanol–water partition coefficient (Wildman–Crippen LogP) is 2.49. The van der Waals surface area contributed by atoms with Crippen molar-refractivity contribution in [3.05, 3.63) is 35.5 Å². The van der Waals surface area contributed by atoms with Gasteiger partial charge in [-0.2, -0.15) is 5.26 Å². The number of nitrogens with zero attached hydrogens (tertiary/aromatic N) is 4. The third kappa shape index (κ3) is 3.47. The van der Waals surface area contributed by atoms with E-state index in [1.165, 1.54) is 0 Å². The first-order chi connectivity index (χ1) is 13.2. The molecule has 0 saturated carbocycles. The minimum atomic E-state index is 0.0692. The van der Waals surface area contributed by atoms with Crippen molar-refractivity contribution in [1.29, 1.82) is 5.26 Å². The second-order valence-electron chi connectivity index (χ2n) is 7.35. The maximum absolute atomic E-state index is 12.8. The van der Waals surface area contributed by atoms with E-state index < -0.39 is 0 Å². The molecular formula is C21H24N4O2. The van der Waals surface area contributed by atoms with Gasteiger partial charge in [0.25, 0.3) is 0 Å². The van der Waals surface area contributed by atoms with Gasteiger partial charge in [-0.05, 0) is 31.9 Å². The number of morpholine rings is 1. The van der Waals surface area contributed by atoms with E-state index in [0.717, 1.165) is 48.1 Å². The lowest BCUT2D eigenvalue weighted by atomic mass is 9.93. The van der Waals surface area contributed by atoms with Crippen LogP contribution in [0, 0.1) is 24.2 Å². The molecule has 27 heavy (non-hydrogen) atoms. The Morgan fingerprint density at radius 2 is 1.96 bits per heavy atom. The highest BCUT2D eigenvalue weighted by molar-refractivity contribution is 5.95. The van der Waals surface area contributed by atoms with Gasteiger partial charge in [0.05, 0.1) is 30.0 Å². The summed E-state index contributed by atoms with van der Waals surface area (Å²) in [6.45, 7) is 6.29. The van der Waals surface area contributed by atoms with Crippen molar-refractivity contribution in [2.45, 2.75) is 19.8 Å². The van der Waals surface area contributed by atoms with Crippen LogP contribution in [0.5, 0.6) is 0 Å². The van der Waals surface area contributed by atoms with Crippen molar-refractivity contribution in [2.24, 2.45) is 5.92 Å². The molecule has 0 atom stereocenters. The molecule has 1 aromatic heterocycles. The van der Waals surface area contributed by atoms with E-state index >= 15 is 0 Å². The number of fused-ring (bicyclic) bond motifs is 1. The summed E-state index contributed by atoms with van der Waals surface area (Å²) in [5, 5.41) is 10.6. The molecule has 140 valence electrons. The molecule has 0 radical (unpaired) electrons. The van der Waals surface area contributed by atoms with Gasteiger partial charge in [-0.1, -0.05) is 11.6 Å². The maximum Gasteiger partial charge on any atom is 0.225 e. The Kier molecular flexibility index (Phi) is 4.95. The van der Waals surface area contributed by atoms with Gasteiger partial charge >= 0.3 is 0 Å². The number of anilines is 1. The summed E-state index contributed by atoms with van der Waals surface area (Å²) in [5.74, 6) is 0.327. The van der Waals surface area contributed by atoms with Gasteiger partial charge < -0.3 is 14.5 Å². The Hall–Kier alpha value is -2.65. The zero-order valence-corrected chi connectivity index (χ0v) is 15.6. The fourth-order valence-electron chi connectivity index (χ4n) is 4.11. The lowest BCUT2D eigenvalue weighted by molar-refractivity contribution is -0.140. The number of rotatable bonds is 2. The minimum absolute atomic E-state index is 0.0692. The zero-order chi connectivity index (χ0) is 18.8. The van der Waals surface area contributed by atoms with Crippen LogP contribution in [0.3, 0.4) is 0 Å². The van der Waals surface area contributed by atoms with Crippen LogP contribution >= 0.6 is 0 Å². The van der Waals surface area contributed by atoms with Gasteiger partial charge in [0.2, 0.25) is 5.91 Å². The monoisotopic (exact) mass is 364 g/mol. The van der Waals surface area contributed by atoms with Crippen LogP contribution in [0.1, 0.15) is 24.0 Å². The van der Waals surface area contributed by atoms with Crippen LogP contribution in [0.4, 0.5) is 5.69 Å². The van der Waals surface area contributed by atoms with Crippen LogP contribution in [0.15, 0.2) is 24.4 Å². The first-order valence-corrected chi connectivity index (χ1v) is 9.58. The van der Waals surface area contributed by atoms with Gasteiger partial charge in [0, 0.05) is 43.7 Å². The average molecular weight is 364 g/mol. The molecular weight excluding hydrogens is 340 g/mol. The third-order valence-electron chi connectivity index (χ3n) is 5.60. The molecule has 0 spiro atoms. The van der Waals surface area contributed by atoms with Gasteiger partial charge in [-0.15, -0.1) is 0 Å². The average Bonchev–Trinajstić information content (AvgIpc) is 2.73. The molecule has 0 bridgehead atoms. The molecule has 3 heterocycles. The molecule has 1 amide bonds. The summed E-state index contributed by atoms with van der Waals surface area (Å²) in [4.78, 5) is 21.4. The summed E-state index contributed by atoms with van der Waals surface area (Å²) in [7, 11) is 0. The largest absolute Gasteiger partial charge is 0.378 e. The van der Waals surface area contributed by atoms with Crippen molar-refractivity contribution in [1.82, 2.24) is 9.88 Å². The highest BCUT2D eigenvalue weighted by Crippen LogP contribution is 2.33. The van der Waals surface area contributed by atoms with Gasteiger partial charge in [0.15, 0.2) is 0 Å². The van der Waals surface area contributed by atoms with Crippen molar-refractivity contribution in [3.63, 3.8) is 0 Å². The number of carbonyl (C=O) groups excluding carboxylic acids is 1. The number of carbonyl (C=O) groups is 1. The first kappa shape index (κ1) is 17.7. The molecule has 6 nitrogen and oxygen atoms in total. The number of hydrogen-bond acceptors (Lipinski definition) is 5. The van der Waals surface area contributed by atoms with Crippen LogP contribution in [0.2, 0.25) is 0 Å². The molecule has 2 fully saturated rings. The molecule has 2 aromatic rings. The van der Waals surface area contributed by atoms with Crippen molar-refractivity contribution in [2.75, 3.05) is 44.3 Å². The van der Waals surface area contributed by atoms with Gasteiger partial charge in [-0.25, -0.2) is 0 Å². The molecule has 4 rings (SSSR count). The minimum Gasteiger partial charge on any atom is -0.378 e. The second kappa shape index (κ2) is 7.53. The normalized spacial score (nSPS) is 18.5. The van der Waals surface area contributed by atoms with Crippen LogP contribution in [-0.2, 0) is 9.53 Å². The highest BCUT2D eigenvalue weighted by Gasteiger charge is 2.30. The molecule has 0 unspecified atom stereocenters. The van der Waals surface area contributed by atoms with Crippen molar-refractivity contribution in [3.8, 4) is 6.07 Å². The molecule has 2 aliphatic rings. The summed E-state index contributed by atoms with van der Waals surface area (Å²) < 4.78 is 5.35. The maximum atomic E-state index is 12.8. The van der Waals surface area contributed by atoms with Gasteiger partial charge in [0.1, 0.15) is 6.07 Å². The highest BCUT2D eigenvalue weighted by atomic mass is 16.5. The number of benzene rings is 1.